The van der Waals surface area contributed by atoms with Crippen LogP contribution in [0.2, 0.25) is 0 Å². The zero-order valence-corrected chi connectivity index (χ0v) is 7.51. The Morgan fingerprint density at radius 3 is 3.08 bits per heavy atom. The molecule has 0 heteroatoms. The second-order valence-corrected chi connectivity index (χ2v) is 3.69. The van der Waals surface area contributed by atoms with Crippen LogP contribution in [0.1, 0.15) is 13.3 Å². The van der Waals surface area contributed by atoms with Crippen molar-refractivity contribution >= 4 is 0 Å². The minimum absolute atomic E-state index is 0.750. The van der Waals surface area contributed by atoms with E-state index in [1.54, 1.807) is 0 Å². The van der Waals surface area contributed by atoms with E-state index in [-0.39, 0.29) is 0 Å². The lowest BCUT2D eigenvalue weighted by molar-refractivity contribution is 0.917. The summed E-state index contributed by atoms with van der Waals surface area (Å²) in [5.74, 6) is 1.55. The smallest absolute Gasteiger partial charge is 0.00927 e. The minimum Gasteiger partial charge on any atom is -0.0988 e. The molecular formula is C12H14. The number of hydrogen-bond acceptors (Lipinski definition) is 0. The maximum Gasteiger partial charge on any atom is -0.00927 e. The van der Waals surface area contributed by atoms with E-state index in [4.69, 9.17) is 0 Å². The summed E-state index contributed by atoms with van der Waals surface area (Å²) in [6, 6.07) is 0. The van der Waals surface area contributed by atoms with Crippen LogP contribution in [-0.4, -0.2) is 0 Å². The summed E-state index contributed by atoms with van der Waals surface area (Å²) in [6.45, 7) is 10.0. The largest absolute Gasteiger partial charge is 0.0988 e. The third-order valence-corrected chi connectivity index (χ3v) is 2.87. The average molecular weight is 158 g/mol. The van der Waals surface area contributed by atoms with Gasteiger partial charge in [-0.2, -0.15) is 0 Å². The SMILES string of the molecule is C=C/C(C)=C1/C=CC2CC2C1=C. The lowest BCUT2D eigenvalue weighted by Gasteiger charge is -2.12. The first kappa shape index (κ1) is 7.60. The summed E-state index contributed by atoms with van der Waals surface area (Å²) in [5, 5.41) is 0. The highest BCUT2D eigenvalue weighted by Crippen LogP contribution is 2.50. The molecule has 0 radical (unpaired) electrons. The van der Waals surface area contributed by atoms with Gasteiger partial charge in [0.15, 0.2) is 0 Å². The summed E-state index contributed by atoms with van der Waals surface area (Å²) >= 11 is 0. The molecule has 2 atom stereocenters. The van der Waals surface area contributed by atoms with Gasteiger partial charge in [0.05, 0.1) is 0 Å². The fourth-order valence-electron chi connectivity index (χ4n) is 1.85. The van der Waals surface area contributed by atoms with Crippen molar-refractivity contribution < 1.29 is 0 Å². The molecule has 0 aliphatic heterocycles. The first-order valence-electron chi connectivity index (χ1n) is 4.44. The van der Waals surface area contributed by atoms with Crippen LogP contribution in [-0.2, 0) is 0 Å². The molecule has 2 rings (SSSR count). The average Bonchev–Trinajstić information content (AvgIpc) is 2.83. The quantitative estimate of drug-likeness (QED) is 0.549. The van der Waals surface area contributed by atoms with Gasteiger partial charge >= 0.3 is 0 Å². The molecule has 0 aromatic heterocycles. The van der Waals surface area contributed by atoms with Crippen LogP contribution in [0.15, 0.2) is 48.1 Å². The van der Waals surface area contributed by atoms with E-state index in [0.717, 1.165) is 11.8 Å². The van der Waals surface area contributed by atoms with Gasteiger partial charge in [-0.15, -0.1) is 0 Å². The first-order chi connectivity index (χ1) is 5.74. The molecule has 0 nitrogen and oxygen atoms in total. The highest BCUT2D eigenvalue weighted by molar-refractivity contribution is 5.51. The van der Waals surface area contributed by atoms with Crippen molar-refractivity contribution in [3.8, 4) is 0 Å². The van der Waals surface area contributed by atoms with Gasteiger partial charge in [0, 0.05) is 0 Å². The number of fused-ring (bicyclic) bond motifs is 1. The molecule has 0 N–H and O–H groups in total. The fourth-order valence-corrected chi connectivity index (χ4v) is 1.85. The van der Waals surface area contributed by atoms with E-state index < -0.39 is 0 Å². The van der Waals surface area contributed by atoms with Crippen LogP contribution in [0.3, 0.4) is 0 Å². The van der Waals surface area contributed by atoms with Gasteiger partial charge in [0.2, 0.25) is 0 Å². The molecule has 2 aliphatic rings. The van der Waals surface area contributed by atoms with E-state index >= 15 is 0 Å². The Balaban J connectivity index is 2.39. The molecule has 0 spiro atoms. The normalized spacial score (nSPS) is 35.9. The van der Waals surface area contributed by atoms with E-state index in [9.17, 15) is 0 Å². The summed E-state index contributed by atoms with van der Waals surface area (Å²) in [7, 11) is 0. The summed E-state index contributed by atoms with van der Waals surface area (Å²) in [6.07, 6.45) is 7.73. The highest BCUT2D eigenvalue weighted by atomic mass is 14.4. The predicted octanol–water partition coefficient (Wildman–Crippen LogP) is 3.25. The van der Waals surface area contributed by atoms with E-state index in [1.807, 2.05) is 6.08 Å². The second-order valence-electron chi connectivity index (χ2n) is 3.69. The van der Waals surface area contributed by atoms with Gasteiger partial charge in [-0.05, 0) is 41.9 Å². The van der Waals surface area contributed by atoms with Gasteiger partial charge in [-0.1, -0.05) is 31.4 Å². The van der Waals surface area contributed by atoms with E-state index in [0.29, 0.717) is 0 Å². The lowest BCUT2D eigenvalue weighted by Crippen LogP contribution is -1.97. The molecule has 2 unspecified atom stereocenters. The molecule has 0 bridgehead atoms. The predicted molar refractivity (Wildman–Crippen MR) is 52.8 cm³/mol. The maximum atomic E-state index is 4.13. The summed E-state index contributed by atoms with van der Waals surface area (Å²) in [4.78, 5) is 0. The first-order valence-corrected chi connectivity index (χ1v) is 4.44. The van der Waals surface area contributed by atoms with Crippen molar-refractivity contribution in [2.24, 2.45) is 11.8 Å². The Morgan fingerprint density at radius 1 is 1.67 bits per heavy atom. The number of allylic oxidation sites excluding steroid dienone is 6. The maximum absolute atomic E-state index is 4.13. The van der Waals surface area contributed by atoms with E-state index in [1.165, 1.54) is 23.1 Å². The molecule has 12 heavy (non-hydrogen) atoms. The van der Waals surface area contributed by atoms with Crippen molar-refractivity contribution in [2.75, 3.05) is 0 Å². The topological polar surface area (TPSA) is 0 Å². The Hall–Kier alpha value is -1.04. The van der Waals surface area contributed by atoms with Gasteiger partial charge in [0.25, 0.3) is 0 Å². The van der Waals surface area contributed by atoms with Gasteiger partial charge in [0.1, 0.15) is 0 Å². The van der Waals surface area contributed by atoms with Crippen LogP contribution in [0, 0.1) is 11.8 Å². The van der Waals surface area contributed by atoms with Crippen LogP contribution in [0.5, 0.6) is 0 Å². The number of hydrogen-bond donors (Lipinski definition) is 0. The highest BCUT2D eigenvalue weighted by Gasteiger charge is 2.40. The van der Waals surface area contributed by atoms with Crippen molar-refractivity contribution in [2.45, 2.75) is 13.3 Å². The van der Waals surface area contributed by atoms with Crippen LogP contribution < -0.4 is 0 Å². The third-order valence-electron chi connectivity index (χ3n) is 2.87. The molecule has 0 saturated heterocycles. The van der Waals surface area contributed by atoms with Crippen LogP contribution in [0.25, 0.3) is 0 Å². The van der Waals surface area contributed by atoms with E-state index in [2.05, 4.69) is 32.2 Å². The van der Waals surface area contributed by atoms with Gasteiger partial charge in [-0.3, -0.25) is 0 Å². The second kappa shape index (κ2) is 2.48. The Kier molecular flexibility index (Phi) is 1.57. The molecule has 62 valence electrons. The molecule has 1 saturated carbocycles. The van der Waals surface area contributed by atoms with Gasteiger partial charge in [-0.25, -0.2) is 0 Å². The minimum atomic E-state index is 0.750. The summed E-state index contributed by atoms with van der Waals surface area (Å²) in [5.41, 5.74) is 3.88. The monoisotopic (exact) mass is 158 g/mol. The van der Waals surface area contributed by atoms with Crippen molar-refractivity contribution in [3.63, 3.8) is 0 Å². The molecule has 0 aromatic carbocycles. The van der Waals surface area contributed by atoms with Crippen molar-refractivity contribution in [1.82, 2.24) is 0 Å². The van der Waals surface area contributed by atoms with Crippen LogP contribution in [0.4, 0.5) is 0 Å². The lowest BCUT2D eigenvalue weighted by atomic mass is 9.93. The van der Waals surface area contributed by atoms with Gasteiger partial charge < -0.3 is 0 Å². The van der Waals surface area contributed by atoms with Crippen molar-refractivity contribution in [1.29, 1.82) is 0 Å². The number of rotatable bonds is 1. The standard InChI is InChI=1S/C12H14/c1-4-8(2)11-6-5-10-7-12(10)9(11)3/h4-6,10,12H,1,3,7H2,2H3/b11-8-. The Bertz CT molecular complexity index is 302. The summed E-state index contributed by atoms with van der Waals surface area (Å²) < 4.78 is 0. The molecule has 2 aliphatic carbocycles. The molecule has 1 fully saturated rings. The van der Waals surface area contributed by atoms with Crippen LogP contribution >= 0.6 is 0 Å². The fraction of sp³-hybridized carbons (Fsp3) is 0.333. The molecule has 0 heterocycles. The zero-order chi connectivity index (χ0) is 8.72. The van der Waals surface area contributed by atoms with Crippen molar-refractivity contribution in [3.05, 3.63) is 48.1 Å². The third kappa shape index (κ3) is 0.989. The zero-order valence-electron chi connectivity index (χ0n) is 7.51. The Labute approximate surface area is 74.0 Å². The molecule has 0 aromatic rings. The Morgan fingerprint density at radius 2 is 2.42 bits per heavy atom. The molecule has 0 amide bonds. The molecular weight excluding hydrogens is 144 g/mol.